The number of amidine groups is 1. The Balaban J connectivity index is 2.10. The molecule has 0 spiro atoms. The Hall–Kier alpha value is -2.97. The topological polar surface area (TPSA) is 129 Å². The van der Waals surface area contributed by atoms with Crippen molar-refractivity contribution >= 4 is 17.8 Å². The number of methoxy groups -OCH3 is 1. The second-order valence-electron chi connectivity index (χ2n) is 7.11. The molecule has 0 bridgehead atoms. The lowest BCUT2D eigenvalue weighted by atomic mass is 9.92. The molecule has 2 aliphatic rings. The molecule has 29 heavy (non-hydrogen) atoms. The molecule has 0 aromatic rings. The lowest BCUT2D eigenvalue weighted by Gasteiger charge is -2.27. The van der Waals surface area contributed by atoms with Crippen LogP contribution >= 0.6 is 0 Å². The van der Waals surface area contributed by atoms with Gasteiger partial charge < -0.3 is 36.8 Å². The van der Waals surface area contributed by atoms with Crippen molar-refractivity contribution < 1.29 is 4.74 Å². The van der Waals surface area contributed by atoms with E-state index in [9.17, 15) is 0 Å². The Morgan fingerprint density at radius 3 is 2.66 bits per heavy atom. The molecule has 8 nitrogen and oxygen atoms in total. The largest absolute Gasteiger partial charge is 0.384 e. The van der Waals surface area contributed by atoms with Crippen LogP contribution in [0.1, 0.15) is 13.8 Å². The van der Waals surface area contributed by atoms with E-state index < -0.39 is 0 Å². The SMILES string of the molecule is CNCC(C(C)=N)C1=CNC2=CC=C(NC(=N)C=C(C=N)C(C)COC)NC2=C1. The van der Waals surface area contributed by atoms with Gasteiger partial charge in [-0.15, -0.1) is 0 Å². The molecular formula is C21H31N7O. The predicted molar refractivity (Wildman–Crippen MR) is 118 cm³/mol. The predicted octanol–water partition coefficient (Wildman–Crippen LogP) is 1.99. The van der Waals surface area contributed by atoms with E-state index in [0.29, 0.717) is 24.7 Å². The molecule has 0 saturated carbocycles. The molecular weight excluding hydrogens is 366 g/mol. The number of hydrogen-bond acceptors (Lipinski definition) is 7. The van der Waals surface area contributed by atoms with Gasteiger partial charge in [-0.1, -0.05) is 6.92 Å². The molecule has 8 heteroatoms. The fourth-order valence-electron chi connectivity index (χ4n) is 3.14. The van der Waals surface area contributed by atoms with Crippen LogP contribution in [0, 0.1) is 28.1 Å². The summed E-state index contributed by atoms with van der Waals surface area (Å²) in [5.41, 5.74) is 4.14. The zero-order valence-electron chi connectivity index (χ0n) is 17.4. The highest BCUT2D eigenvalue weighted by atomic mass is 16.5. The van der Waals surface area contributed by atoms with Crippen LogP contribution in [-0.2, 0) is 4.74 Å². The number of rotatable bonds is 10. The zero-order valence-corrected chi connectivity index (χ0v) is 17.4. The van der Waals surface area contributed by atoms with Crippen LogP contribution in [0.5, 0.6) is 0 Å². The maximum Gasteiger partial charge on any atom is 0.123 e. The summed E-state index contributed by atoms with van der Waals surface area (Å²) in [5, 5.41) is 36.6. The summed E-state index contributed by atoms with van der Waals surface area (Å²) >= 11 is 0. The summed E-state index contributed by atoms with van der Waals surface area (Å²) in [6, 6.07) is 0. The summed E-state index contributed by atoms with van der Waals surface area (Å²) in [6.45, 7) is 4.95. The molecule has 0 fully saturated rings. The van der Waals surface area contributed by atoms with Gasteiger partial charge in [-0.2, -0.15) is 0 Å². The molecule has 2 atom stereocenters. The van der Waals surface area contributed by atoms with E-state index in [1.54, 1.807) is 13.2 Å². The van der Waals surface area contributed by atoms with Gasteiger partial charge in [0.05, 0.1) is 18.0 Å². The van der Waals surface area contributed by atoms with Crippen molar-refractivity contribution in [1.29, 1.82) is 16.2 Å². The second-order valence-corrected chi connectivity index (χ2v) is 7.11. The summed E-state index contributed by atoms with van der Waals surface area (Å²) in [4.78, 5) is 0. The number of nitrogens with one attached hydrogen (secondary N) is 7. The maximum absolute atomic E-state index is 8.22. The van der Waals surface area contributed by atoms with Gasteiger partial charge in [0.15, 0.2) is 0 Å². The van der Waals surface area contributed by atoms with Gasteiger partial charge >= 0.3 is 0 Å². The van der Waals surface area contributed by atoms with Crippen molar-refractivity contribution in [3.05, 3.63) is 58.9 Å². The highest BCUT2D eigenvalue weighted by molar-refractivity contribution is 5.97. The van der Waals surface area contributed by atoms with Crippen molar-refractivity contribution in [3.8, 4) is 0 Å². The maximum atomic E-state index is 8.22. The van der Waals surface area contributed by atoms with Gasteiger partial charge in [0, 0.05) is 43.6 Å². The minimum atomic E-state index is -0.00989. The molecule has 0 amide bonds. The molecule has 2 aliphatic heterocycles. The quantitative estimate of drug-likeness (QED) is 0.224. The molecule has 0 aromatic carbocycles. The lowest BCUT2D eigenvalue weighted by molar-refractivity contribution is 0.174. The van der Waals surface area contributed by atoms with Crippen LogP contribution in [0.15, 0.2) is 58.9 Å². The van der Waals surface area contributed by atoms with Crippen molar-refractivity contribution in [3.63, 3.8) is 0 Å². The van der Waals surface area contributed by atoms with Crippen LogP contribution in [0.4, 0.5) is 0 Å². The van der Waals surface area contributed by atoms with E-state index in [4.69, 9.17) is 21.0 Å². The smallest absolute Gasteiger partial charge is 0.123 e. The molecule has 2 unspecified atom stereocenters. The Kier molecular flexibility index (Phi) is 8.11. The molecule has 0 saturated heterocycles. The summed E-state index contributed by atoms with van der Waals surface area (Å²) in [7, 11) is 3.50. The van der Waals surface area contributed by atoms with E-state index in [0.717, 1.165) is 22.5 Å². The average molecular weight is 398 g/mol. The molecule has 156 valence electrons. The van der Waals surface area contributed by atoms with E-state index >= 15 is 0 Å². The van der Waals surface area contributed by atoms with Gasteiger partial charge in [-0.3, -0.25) is 5.41 Å². The van der Waals surface area contributed by atoms with Crippen molar-refractivity contribution in [2.45, 2.75) is 13.8 Å². The highest BCUT2D eigenvalue weighted by Gasteiger charge is 2.21. The Morgan fingerprint density at radius 1 is 1.28 bits per heavy atom. The van der Waals surface area contributed by atoms with Gasteiger partial charge in [-0.25, -0.2) is 0 Å². The van der Waals surface area contributed by atoms with Crippen LogP contribution in [0.2, 0.25) is 0 Å². The van der Waals surface area contributed by atoms with Crippen molar-refractivity contribution in [1.82, 2.24) is 21.3 Å². The first-order chi connectivity index (χ1) is 13.9. The number of hydrogen-bond donors (Lipinski definition) is 7. The first-order valence-electron chi connectivity index (χ1n) is 9.53. The van der Waals surface area contributed by atoms with Crippen LogP contribution in [0.25, 0.3) is 0 Å². The molecule has 7 N–H and O–H groups in total. The molecule has 0 radical (unpaired) electrons. The molecule has 2 rings (SSSR count). The third-order valence-corrected chi connectivity index (χ3v) is 4.75. The third kappa shape index (κ3) is 6.00. The highest BCUT2D eigenvalue weighted by Crippen LogP contribution is 2.23. The van der Waals surface area contributed by atoms with E-state index in [1.807, 2.05) is 45.3 Å². The molecule has 0 aliphatic carbocycles. The van der Waals surface area contributed by atoms with Gasteiger partial charge in [0.25, 0.3) is 0 Å². The minimum Gasteiger partial charge on any atom is -0.384 e. The first-order valence-corrected chi connectivity index (χ1v) is 9.53. The first kappa shape index (κ1) is 22.3. The van der Waals surface area contributed by atoms with E-state index in [1.165, 1.54) is 6.21 Å². The third-order valence-electron chi connectivity index (χ3n) is 4.75. The van der Waals surface area contributed by atoms with Crippen molar-refractivity contribution in [2.75, 3.05) is 27.3 Å². The van der Waals surface area contributed by atoms with Crippen LogP contribution < -0.4 is 21.3 Å². The number of allylic oxidation sites excluding steroid dienone is 3. The number of ether oxygens (including phenoxy) is 1. The van der Waals surface area contributed by atoms with E-state index in [2.05, 4.69) is 21.3 Å². The Morgan fingerprint density at radius 2 is 2.03 bits per heavy atom. The summed E-state index contributed by atoms with van der Waals surface area (Å²) in [5.74, 6) is 0.880. The van der Waals surface area contributed by atoms with Gasteiger partial charge in [-0.05, 0) is 49.4 Å². The minimum absolute atomic E-state index is 0.00989. The average Bonchev–Trinajstić information content (AvgIpc) is 2.69. The zero-order chi connectivity index (χ0) is 21.4. The molecule has 0 aromatic heterocycles. The Bertz CT molecular complexity index is 817. The lowest BCUT2D eigenvalue weighted by Crippen LogP contribution is -2.36. The molecule has 2 heterocycles. The summed E-state index contributed by atoms with van der Waals surface area (Å²) < 4.78 is 5.13. The van der Waals surface area contributed by atoms with Gasteiger partial charge in [0.2, 0.25) is 0 Å². The van der Waals surface area contributed by atoms with Gasteiger partial charge in [0.1, 0.15) is 11.7 Å². The van der Waals surface area contributed by atoms with Crippen molar-refractivity contribution in [2.24, 2.45) is 11.8 Å². The van der Waals surface area contributed by atoms with Crippen LogP contribution in [0.3, 0.4) is 0 Å². The normalized spacial score (nSPS) is 17.9. The fraction of sp³-hybridized carbons (Fsp3) is 0.381. The monoisotopic (exact) mass is 397 g/mol. The Labute approximate surface area is 172 Å². The summed E-state index contributed by atoms with van der Waals surface area (Å²) in [6.07, 6.45) is 10.6. The fourth-order valence-corrected chi connectivity index (χ4v) is 3.14. The van der Waals surface area contributed by atoms with Crippen LogP contribution in [-0.4, -0.2) is 45.1 Å². The van der Waals surface area contributed by atoms with E-state index in [-0.39, 0.29) is 17.7 Å². The standard InChI is InChI=1S/C21H31N7O/c1-13(12-29-4)15(9-22)8-20(24)28-21-6-5-18-19(27-21)7-16(10-26-18)17(11-25-3)14(2)23/h5-10,13,17,22-23,25-27H,11-12H2,1-4H3,(H2,24,28). The second kappa shape index (κ2) is 10.5. The number of fused-ring (bicyclic) bond motifs is 1. The number of dihydropyridines is 2.